The Morgan fingerprint density at radius 1 is 1.14 bits per heavy atom. The Balaban J connectivity index is 1.48. The van der Waals surface area contributed by atoms with Crippen molar-refractivity contribution < 1.29 is 36.6 Å². The van der Waals surface area contributed by atoms with Crippen molar-refractivity contribution in [2.75, 3.05) is 56.7 Å². The molecule has 0 bridgehead atoms. The molecule has 2 aromatic rings. The molecule has 1 aromatic carbocycles. The summed E-state index contributed by atoms with van der Waals surface area (Å²) in [5.74, 6) is -1.74. The number of amides is 2. The fourth-order valence-electron chi connectivity index (χ4n) is 5.47. The number of rotatable bonds is 5. The number of aromatic amines is 1. The molecule has 232 valence electrons. The van der Waals surface area contributed by atoms with E-state index in [-0.39, 0.29) is 49.6 Å². The van der Waals surface area contributed by atoms with Crippen molar-refractivity contribution in [3.8, 4) is 0 Å². The van der Waals surface area contributed by atoms with Gasteiger partial charge in [0.05, 0.1) is 35.7 Å². The number of hydrogen-bond acceptors (Lipinski definition) is 7. The molecule has 0 spiro atoms. The number of piperazine rings is 1. The number of alkyl halides is 3. The van der Waals surface area contributed by atoms with Crippen molar-refractivity contribution in [2.24, 2.45) is 0 Å². The molecule has 4 heterocycles. The summed E-state index contributed by atoms with van der Waals surface area (Å²) in [6.07, 6.45) is -3.17. The fraction of sp³-hybridized carbons (Fsp3) is 0.483. The molecule has 2 saturated heterocycles. The molecule has 2 fully saturated rings. The number of likely N-dealkylation sites (N-methyl/N-ethyl adjacent to an activating group) is 1. The number of anilines is 2. The molecule has 2 amide bonds. The van der Waals surface area contributed by atoms with Gasteiger partial charge in [-0.3, -0.25) is 14.5 Å². The van der Waals surface area contributed by atoms with Crippen molar-refractivity contribution >= 4 is 28.9 Å². The third kappa shape index (κ3) is 6.25. The molecular weight excluding hydrogens is 574 g/mol. The first kappa shape index (κ1) is 30.5. The molecule has 43 heavy (non-hydrogen) atoms. The number of aromatic nitrogens is 1. The highest BCUT2D eigenvalue weighted by Gasteiger charge is 2.40. The lowest BCUT2D eigenvalue weighted by molar-refractivity contribution is -0.171. The lowest BCUT2D eigenvalue weighted by atomic mass is 10.0. The number of nitrogens with zero attached hydrogens (tertiary/aromatic N) is 3. The molecule has 3 aliphatic heterocycles. The summed E-state index contributed by atoms with van der Waals surface area (Å²) in [7, 11) is 1.97. The third-order valence-corrected chi connectivity index (χ3v) is 8.18. The first-order valence-electron chi connectivity index (χ1n) is 13.8. The van der Waals surface area contributed by atoms with E-state index in [1.54, 1.807) is 13.0 Å². The summed E-state index contributed by atoms with van der Waals surface area (Å²) >= 11 is 0. The largest absolute Gasteiger partial charge is 0.438 e. The number of carbonyl (C=O) groups excluding carboxylic acids is 2. The van der Waals surface area contributed by atoms with Gasteiger partial charge >= 0.3 is 12.3 Å². The number of benzene rings is 1. The van der Waals surface area contributed by atoms with Gasteiger partial charge in [-0.15, -0.1) is 0 Å². The summed E-state index contributed by atoms with van der Waals surface area (Å²) in [5, 5.41) is 2.54. The SMILES string of the molecule is CC1CN(c2cc(F)c(C3=CCN(C(=O)OC4(C)COC4)C3)cc2NC(=O)c2c[nH]c(=O)cc2C(F)(F)F)CC(C)N1C. The Morgan fingerprint density at radius 2 is 1.81 bits per heavy atom. The van der Waals surface area contributed by atoms with Gasteiger partial charge in [-0.05, 0) is 45.5 Å². The Morgan fingerprint density at radius 3 is 2.42 bits per heavy atom. The van der Waals surface area contributed by atoms with Crippen LogP contribution < -0.4 is 15.8 Å². The van der Waals surface area contributed by atoms with Gasteiger partial charge in [0.2, 0.25) is 5.56 Å². The van der Waals surface area contributed by atoms with Crippen LogP contribution in [0.15, 0.2) is 35.3 Å². The minimum atomic E-state index is -4.96. The minimum absolute atomic E-state index is 0.0279. The lowest BCUT2D eigenvalue weighted by Crippen LogP contribution is -2.55. The molecular formula is C29H33F4N5O5. The topological polar surface area (TPSA) is 107 Å². The standard InChI is InChI=1S/C29H33F4N5O5/c1-16-11-38(12-17(2)36(16)4)24-9-22(30)19(18-5-6-37(13-18)27(41)43-28(3)14-42-15-28)7-23(24)35-26(40)20-10-34-25(39)8-21(20)29(31,32)33/h5,7-10,16-17H,6,11-15H2,1-4H3,(H,34,39)(H,35,40). The molecule has 0 aliphatic carbocycles. The first-order chi connectivity index (χ1) is 20.1. The zero-order chi connectivity index (χ0) is 31.3. The highest BCUT2D eigenvalue weighted by Crippen LogP contribution is 2.37. The summed E-state index contributed by atoms with van der Waals surface area (Å²) in [4.78, 5) is 45.2. The maximum absolute atomic E-state index is 15.8. The lowest BCUT2D eigenvalue weighted by Gasteiger charge is -2.44. The van der Waals surface area contributed by atoms with Crippen molar-refractivity contribution in [3.05, 3.63) is 63.3 Å². The van der Waals surface area contributed by atoms with Crippen molar-refractivity contribution in [1.29, 1.82) is 0 Å². The van der Waals surface area contributed by atoms with Crippen LogP contribution in [0.3, 0.4) is 0 Å². The molecule has 2 N–H and O–H groups in total. The minimum Gasteiger partial charge on any atom is -0.438 e. The molecule has 5 rings (SSSR count). The molecule has 0 saturated carbocycles. The molecule has 10 nitrogen and oxygen atoms in total. The Kier molecular flexibility index (Phi) is 8.03. The van der Waals surface area contributed by atoms with Gasteiger partial charge in [-0.25, -0.2) is 9.18 Å². The highest BCUT2D eigenvalue weighted by molar-refractivity contribution is 6.07. The molecule has 2 unspecified atom stereocenters. The van der Waals surface area contributed by atoms with E-state index in [4.69, 9.17) is 9.47 Å². The number of nitrogens with one attached hydrogen (secondary N) is 2. The van der Waals surface area contributed by atoms with E-state index in [0.717, 1.165) is 0 Å². The predicted molar refractivity (Wildman–Crippen MR) is 151 cm³/mol. The second-order valence-corrected chi connectivity index (χ2v) is 11.6. The van der Waals surface area contributed by atoms with Crippen LogP contribution in [0.25, 0.3) is 5.57 Å². The van der Waals surface area contributed by atoms with Crippen LogP contribution in [-0.4, -0.2) is 90.9 Å². The summed E-state index contributed by atoms with van der Waals surface area (Å²) in [5.41, 5.74) is -2.99. The summed E-state index contributed by atoms with van der Waals surface area (Å²) in [6, 6.07) is 3.07. The third-order valence-electron chi connectivity index (χ3n) is 8.18. The van der Waals surface area contributed by atoms with Crippen LogP contribution in [0.5, 0.6) is 0 Å². The summed E-state index contributed by atoms with van der Waals surface area (Å²) in [6.45, 7) is 7.43. The maximum atomic E-state index is 15.8. The van der Waals surface area contributed by atoms with Crippen LogP contribution >= 0.6 is 0 Å². The molecule has 0 radical (unpaired) electrons. The van der Waals surface area contributed by atoms with Crippen LogP contribution in [0.1, 0.15) is 42.3 Å². The van der Waals surface area contributed by atoms with E-state index in [1.165, 1.54) is 17.0 Å². The molecule has 3 aliphatic rings. The highest BCUT2D eigenvalue weighted by atomic mass is 19.4. The number of pyridine rings is 1. The Bertz CT molecular complexity index is 1510. The number of halogens is 4. The number of ether oxygens (including phenoxy) is 2. The van der Waals surface area contributed by atoms with Gasteiger partial charge in [-0.1, -0.05) is 6.08 Å². The zero-order valence-electron chi connectivity index (χ0n) is 24.2. The van der Waals surface area contributed by atoms with E-state index in [0.29, 0.717) is 36.6 Å². The van der Waals surface area contributed by atoms with Gasteiger partial charge < -0.3 is 29.6 Å². The van der Waals surface area contributed by atoms with E-state index in [2.05, 4.69) is 15.2 Å². The van der Waals surface area contributed by atoms with Crippen LogP contribution in [0, 0.1) is 5.82 Å². The molecule has 14 heteroatoms. The monoisotopic (exact) mass is 607 g/mol. The second-order valence-electron chi connectivity index (χ2n) is 11.6. The predicted octanol–water partition coefficient (Wildman–Crippen LogP) is 3.94. The van der Waals surface area contributed by atoms with Crippen LogP contribution in [0.2, 0.25) is 0 Å². The van der Waals surface area contributed by atoms with Gasteiger partial charge in [0.25, 0.3) is 5.91 Å². The first-order valence-corrected chi connectivity index (χ1v) is 13.8. The number of hydrogen-bond donors (Lipinski definition) is 2. The van der Waals surface area contributed by atoms with Crippen molar-refractivity contribution in [2.45, 2.75) is 44.6 Å². The Labute approximate surface area is 245 Å². The second kappa shape index (κ2) is 11.3. The van der Waals surface area contributed by atoms with E-state index in [9.17, 15) is 27.6 Å². The fourth-order valence-corrected chi connectivity index (χ4v) is 5.47. The van der Waals surface area contributed by atoms with E-state index >= 15 is 4.39 Å². The van der Waals surface area contributed by atoms with Crippen molar-refractivity contribution in [1.82, 2.24) is 14.8 Å². The number of H-pyrrole nitrogens is 1. The average molecular weight is 608 g/mol. The quantitative estimate of drug-likeness (QED) is 0.496. The maximum Gasteiger partial charge on any atom is 0.417 e. The van der Waals surface area contributed by atoms with Gasteiger partial charge in [0, 0.05) is 56.1 Å². The number of carbonyl (C=O) groups is 2. The zero-order valence-corrected chi connectivity index (χ0v) is 24.2. The Hall–Kier alpha value is -3.91. The van der Waals surface area contributed by atoms with Crippen LogP contribution in [0.4, 0.5) is 33.7 Å². The van der Waals surface area contributed by atoms with E-state index < -0.39 is 46.3 Å². The van der Waals surface area contributed by atoms with E-state index in [1.807, 2.05) is 25.8 Å². The van der Waals surface area contributed by atoms with Gasteiger partial charge in [0.15, 0.2) is 5.60 Å². The van der Waals surface area contributed by atoms with Crippen molar-refractivity contribution in [3.63, 3.8) is 0 Å². The van der Waals surface area contributed by atoms with Gasteiger partial charge in [0.1, 0.15) is 5.82 Å². The van der Waals surface area contributed by atoms with Gasteiger partial charge in [-0.2, -0.15) is 13.2 Å². The molecule has 2 atom stereocenters. The average Bonchev–Trinajstić information content (AvgIpc) is 3.41. The normalized spacial score (nSPS) is 22.2. The molecule has 1 aromatic heterocycles. The van der Waals surface area contributed by atoms with Crippen LogP contribution in [-0.2, 0) is 15.7 Å². The summed E-state index contributed by atoms with van der Waals surface area (Å²) < 4.78 is 67.6. The smallest absolute Gasteiger partial charge is 0.417 e.